The molecular weight excluding hydrogens is 316 g/mol. The molecule has 2 unspecified atom stereocenters. The van der Waals surface area contributed by atoms with Crippen LogP contribution in [0.2, 0.25) is 0 Å². The topological polar surface area (TPSA) is 96.2 Å². The number of amides is 3. The molecule has 3 amide bonds. The number of rotatable bonds is 6. The van der Waals surface area contributed by atoms with Crippen LogP contribution in [-0.2, 0) is 4.79 Å². The van der Waals surface area contributed by atoms with E-state index in [1.54, 1.807) is 12.1 Å². The maximum atomic E-state index is 12.0. The van der Waals surface area contributed by atoms with E-state index in [9.17, 15) is 9.59 Å². The minimum absolute atomic E-state index is 0. The Morgan fingerprint density at radius 3 is 2.61 bits per heavy atom. The molecule has 5 N–H and O–H groups in total. The van der Waals surface area contributed by atoms with Gasteiger partial charge in [0.1, 0.15) is 0 Å². The van der Waals surface area contributed by atoms with Crippen LogP contribution in [0.4, 0.5) is 10.5 Å². The summed E-state index contributed by atoms with van der Waals surface area (Å²) in [5, 5.41) is 8.90. The van der Waals surface area contributed by atoms with E-state index in [4.69, 9.17) is 5.73 Å². The van der Waals surface area contributed by atoms with E-state index in [0.29, 0.717) is 18.2 Å². The van der Waals surface area contributed by atoms with E-state index in [1.807, 2.05) is 19.1 Å². The first kappa shape index (κ1) is 19.3. The predicted octanol–water partition coefficient (Wildman–Crippen LogP) is 2.31. The Hall–Kier alpha value is -1.79. The summed E-state index contributed by atoms with van der Waals surface area (Å²) in [5.41, 5.74) is 6.69. The second kappa shape index (κ2) is 9.37. The molecule has 2 atom stereocenters. The molecule has 6 nitrogen and oxygen atoms in total. The highest BCUT2D eigenvalue weighted by molar-refractivity contribution is 5.87. The van der Waals surface area contributed by atoms with Crippen molar-refractivity contribution >= 4 is 30.0 Å². The van der Waals surface area contributed by atoms with Crippen LogP contribution in [0.5, 0.6) is 0 Å². The van der Waals surface area contributed by atoms with Crippen LogP contribution < -0.4 is 21.7 Å². The van der Waals surface area contributed by atoms with Gasteiger partial charge < -0.3 is 21.7 Å². The summed E-state index contributed by atoms with van der Waals surface area (Å²) in [6, 6.07) is 7.11. The van der Waals surface area contributed by atoms with E-state index >= 15 is 0 Å². The van der Waals surface area contributed by atoms with Crippen LogP contribution in [0.25, 0.3) is 0 Å². The molecule has 0 aromatic heterocycles. The smallest absolute Gasteiger partial charge is 0.316 e. The van der Waals surface area contributed by atoms with Crippen molar-refractivity contribution < 1.29 is 9.59 Å². The molecule has 1 heterocycles. The highest BCUT2D eigenvalue weighted by Crippen LogP contribution is 2.17. The summed E-state index contributed by atoms with van der Waals surface area (Å²) in [5.74, 6) is 0.0699. The van der Waals surface area contributed by atoms with Crippen LogP contribution in [0.3, 0.4) is 0 Å². The van der Waals surface area contributed by atoms with Crippen molar-refractivity contribution in [2.24, 2.45) is 5.73 Å². The lowest BCUT2D eigenvalue weighted by atomic mass is 10.1. The standard InChI is InChI=1S/C16H24N4O2.ClH/c1-11(12-4-6-14(7-5-12)20-16(17)22)19-15(21)9-8-13-3-2-10-18-13;/h4-7,11,13,18H,2-3,8-10H2,1H3,(H,19,21)(H3,17,20,22);1H. The van der Waals surface area contributed by atoms with Crippen LogP contribution >= 0.6 is 12.4 Å². The Balaban J connectivity index is 0.00000264. The van der Waals surface area contributed by atoms with Gasteiger partial charge in [-0.05, 0) is 50.4 Å². The molecule has 0 aliphatic carbocycles. The SMILES string of the molecule is CC(NC(=O)CCC1CCCN1)c1ccc(NC(N)=O)cc1.Cl. The number of carbonyl (C=O) groups is 2. The summed E-state index contributed by atoms with van der Waals surface area (Å²) in [6.07, 6.45) is 3.80. The van der Waals surface area contributed by atoms with Crippen LogP contribution in [0.15, 0.2) is 24.3 Å². The average molecular weight is 341 g/mol. The fraction of sp³-hybridized carbons (Fsp3) is 0.500. The predicted molar refractivity (Wildman–Crippen MR) is 93.7 cm³/mol. The van der Waals surface area contributed by atoms with Gasteiger partial charge in [0.25, 0.3) is 0 Å². The molecular formula is C16H25ClN4O2. The Kier molecular flexibility index (Phi) is 7.85. The zero-order valence-electron chi connectivity index (χ0n) is 13.3. The second-order valence-electron chi connectivity index (χ2n) is 5.73. The number of benzene rings is 1. The number of nitrogens with two attached hydrogens (primary N) is 1. The van der Waals surface area contributed by atoms with E-state index in [2.05, 4.69) is 16.0 Å². The zero-order chi connectivity index (χ0) is 15.9. The van der Waals surface area contributed by atoms with E-state index in [0.717, 1.165) is 24.9 Å². The molecule has 0 bridgehead atoms. The fourth-order valence-electron chi connectivity index (χ4n) is 2.70. The van der Waals surface area contributed by atoms with Crippen LogP contribution in [0, 0.1) is 0 Å². The number of hydrogen-bond donors (Lipinski definition) is 4. The molecule has 1 fully saturated rings. The molecule has 1 aliphatic heterocycles. The summed E-state index contributed by atoms with van der Waals surface area (Å²) < 4.78 is 0. The summed E-state index contributed by atoms with van der Waals surface area (Å²) in [6.45, 7) is 3.01. The lowest BCUT2D eigenvalue weighted by Crippen LogP contribution is -2.29. The monoisotopic (exact) mass is 340 g/mol. The van der Waals surface area contributed by atoms with Crippen molar-refractivity contribution in [2.75, 3.05) is 11.9 Å². The van der Waals surface area contributed by atoms with Gasteiger partial charge in [0.2, 0.25) is 5.91 Å². The maximum Gasteiger partial charge on any atom is 0.316 e. The van der Waals surface area contributed by atoms with E-state index in [1.165, 1.54) is 6.42 Å². The molecule has 0 spiro atoms. The number of carbonyl (C=O) groups excluding carboxylic acids is 2. The Morgan fingerprint density at radius 2 is 2.04 bits per heavy atom. The first-order valence-corrected chi connectivity index (χ1v) is 7.74. The summed E-state index contributed by atoms with van der Waals surface area (Å²) >= 11 is 0. The number of hydrogen-bond acceptors (Lipinski definition) is 3. The van der Waals surface area contributed by atoms with Crippen molar-refractivity contribution in [3.63, 3.8) is 0 Å². The number of nitrogens with one attached hydrogen (secondary N) is 3. The number of urea groups is 1. The van der Waals surface area contributed by atoms with Crippen molar-refractivity contribution in [1.29, 1.82) is 0 Å². The maximum absolute atomic E-state index is 12.0. The normalized spacial score (nSPS) is 17.9. The molecule has 0 radical (unpaired) electrons. The second-order valence-corrected chi connectivity index (χ2v) is 5.73. The third-order valence-electron chi connectivity index (χ3n) is 3.94. The van der Waals surface area contributed by atoms with Gasteiger partial charge in [-0.15, -0.1) is 12.4 Å². The number of halogens is 1. The number of anilines is 1. The lowest BCUT2D eigenvalue weighted by Gasteiger charge is -2.16. The third kappa shape index (κ3) is 6.46. The average Bonchev–Trinajstić information content (AvgIpc) is 2.98. The van der Waals surface area contributed by atoms with Crippen molar-refractivity contribution in [1.82, 2.24) is 10.6 Å². The highest BCUT2D eigenvalue weighted by Gasteiger charge is 2.16. The van der Waals surface area contributed by atoms with E-state index < -0.39 is 6.03 Å². The van der Waals surface area contributed by atoms with Gasteiger partial charge in [0.05, 0.1) is 6.04 Å². The van der Waals surface area contributed by atoms with Crippen molar-refractivity contribution in [3.05, 3.63) is 29.8 Å². The van der Waals surface area contributed by atoms with Crippen molar-refractivity contribution in [2.45, 2.75) is 44.7 Å². The molecule has 1 aliphatic rings. The fourth-order valence-corrected chi connectivity index (χ4v) is 2.70. The van der Waals surface area contributed by atoms with Gasteiger partial charge >= 0.3 is 6.03 Å². The van der Waals surface area contributed by atoms with Gasteiger partial charge in [0.15, 0.2) is 0 Å². The number of primary amides is 1. The Bertz CT molecular complexity index is 515. The van der Waals surface area contributed by atoms with Gasteiger partial charge in [-0.25, -0.2) is 4.79 Å². The zero-order valence-corrected chi connectivity index (χ0v) is 14.1. The third-order valence-corrected chi connectivity index (χ3v) is 3.94. The van der Waals surface area contributed by atoms with Gasteiger partial charge in [-0.3, -0.25) is 4.79 Å². The summed E-state index contributed by atoms with van der Waals surface area (Å²) in [4.78, 5) is 22.7. The highest BCUT2D eigenvalue weighted by atomic mass is 35.5. The molecule has 1 aromatic rings. The van der Waals surface area contributed by atoms with Crippen LogP contribution in [-0.4, -0.2) is 24.5 Å². The molecule has 1 saturated heterocycles. The molecule has 1 aromatic carbocycles. The molecule has 2 rings (SSSR count). The van der Waals surface area contributed by atoms with Gasteiger partial charge in [0, 0.05) is 18.2 Å². The first-order chi connectivity index (χ1) is 10.5. The molecule has 23 heavy (non-hydrogen) atoms. The molecule has 0 saturated carbocycles. The minimum Gasteiger partial charge on any atom is -0.351 e. The van der Waals surface area contributed by atoms with Crippen LogP contribution in [0.1, 0.15) is 44.2 Å². The molecule has 7 heteroatoms. The molecule has 128 valence electrons. The quantitative estimate of drug-likeness (QED) is 0.639. The lowest BCUT2D eigenvalue weighted by molar-refractivity contribution is -0.121. The minimum atomic E-state index is -0.588. The largest absolute Gasteiger partial charge is 0.351 e. The van der Waals surface area contributed by atoms with Gasteiger partial charge in [-0.1, -0.05) is 12.1 Å². The first-order valence-electron chi connectivity index (χ1n) is 7.74. The van der Waals surface area contributed by atoms with E-state index in [-0.39, 0.29) is 24.4 Å². The van der Waals surface area contributed by atoms with Gasteiger partial charge in [-0.2, -0.15) is 0 Å². The van der Waals surface area contributed by atoms with Crippen molar-refractivity contribution in [3.8, 4) is 0 Å². The Labute approximate surface area is 143 Å². The summed E-state index contributed by atoms with van der Waals surface area (Å²) in [7, 11) is 0. The Morgan fingerprint density at radius 1 is 1.35 bits per heavy atom.